The number of carbonyl (C=O) groups is 4. The van der Waals surface area contributed by atoms with Crippen molar-refractivity contribution in [1.82, 2.24) is 21.3 Å². The van der Waals surface area contributed by atoms with E-state index < -0.39 is 35.5 Å². The van der Waals surface area contributed by atoms with Crippen LogP contribution < -0.4 is 21.3 Å². The van der Waals surface area contributed by atoms with Crippen LogP contribution in [0.1, 0.15) is 6.42 Å². The topological polar surface area (TPSA) is 116 Å². The minimum atomic E-state index is -0.847. The van der Waals surface area contributed by atoms with Crippen molar-refractivity contribution in [3.63, 3.8) is 0 Å². The Balaban J connectivity index is 4.09. The molecular formula is C13H24N4O4S2. The quantitative estimate of drug-likeness (QED) is 0.156. The molecule has 4 N–H and O–H groups in total. The van der Waals surface area contributed by atoms with E-state index in [1.807, 2.05) is 0 Å². The summed E-state index contributed by atoms with van der Waals surface area (Å²) < 4.78 is 0. The van der Waals surface area contributed by atoms with Crippen molar-refractivity contribution in [3.05, 3.63) is 0 Å². The standard InChI is InChI=1S/C13H24N4O4S2/c1-14-10(18)8(6-22)12(20)16-4-3-5-17-13(21)9(7-23)11(19)15-2/h8-9,22-23H,3-7H2,1-2H3,(H,14,18)(H,15,19)(H,16,20)(H,17,21). The molecule has 4 amide bonds. The second kappa shape index (κ2) is 12.1. The summed E-state index contributed by atoms with van der Waals surface area (Å²) in [6.45, 7) is 0.595. The lowest BCUT2D eigenvalue weighted by atomic mass is 10.1. The molecule has 10 heteroatoms. The molecule has 23 heavy (non-hydrogen) atoms. The van der Waals surface area contributed by atoms with E-state index in [-0.39, 0.29) is 11.5 Å². The third-order valence-electron chi connectivity index (χ3n) is 3.08. The molecule has 0 spiro atoms. The Morgan fingerprint density at radius 2 is 1.09 bits per heavy atom. The van der Waals surface area contributed by atoms with Crippen LogP contribution in [-0.4, -0.2) is 62.3 Å². The molecule has 2 unspecified atom stereocenters. The fraction of sp³-hybridized carbons (Fsp3) is 0.692. The van der Waals surface area contributed by atoms with Gasteiger partial charge in [0.25, 0.3) is 0 Å². The fourth-order valence-electron chi connectivity index (χ4n) is 1.68. The number of rotatable bonds is 10. The number of carbonyl (C=O) groups excluding carboxylic acids is 4. The fourth-order valence-corrected chi connectivity index (χ4v) is 2.34. The molecule has 0 aliphatic carbocycles. The Morgan fingerprint density at radius 1 is 0.739 bits per heavy atom. The maximum Gasteiger partial charge on any atom is 0.233 e. The van der Waals surface area contributed by atoms with Gasteiger partial charge in [-0.15, -0.1) is 0 Å². The largest absolute Gasteiger partial charge is 0.358 e. The summed E-state index contributed by atoms with van der Waals surface area (Å²) >= 11 is 7.95. The smallest absolute Gasteiger partial charge is 0.233 e. The lowest BCUT2D eigenvalue weighted by Gasteiger charge is -2.14. The summed E-state index contributed by atoms with van der Waals surface area (Å²) in [5.74, 6) is -3.09. The summed E-state index contributed by atoms with van der Waals surface area (Å²) in [5, 5.41) is 10.0. The Hall–Kier alpha value is -1.42. The molecule has 0 saturated heterocycles. The van der Waals surface area contributed by atoms with Crippen LogP contribution in [0.25, 0.3) is 0 Å². The van der Waals surface area contributed by atoms with Crippen molar-refractivity contribution in [2.75, 3.05) is 38.7 Å². The SMILES string of the molecule is CNC(=O)C(CS)C(=O)NCCCNC(=O)C(CS)C(=O)NC. The average Bonchev–Trinajstić information content (AvgIpc) is 2.55. The van der Waals surface area contributed by atoms with Gasteiger partial charge in [-0.2, -0.15) is 25.3 Å². The third-order valence-corrected chi connectivity index (χ3v) is 3.81. The van der Waals surface area contributed by atoms with Gasteiger partial charge in [0.2, 0.25) is 23.6 Å². The van der Waals surface area contributed by atoms with Gasteiger partial charge in [0, 0.05) is 38.7 Å². The third kappa shape index (κ3) is 7.60. The van der Waals surface area contributed by atoms with E-state index in [4.69, 9.17) is 0 Å². The highest BCUT2D eigenvalue weighted by Gasteiger charge is 2.24. The molecular weight excluding hydrogens is 340 g/mol. The molecule has 0 aliphatic heterocycles. The monoisotopic (exact) mass is 364 g/mol. The van der Waals surface area contributed by atoms with Crippen LogP contribution >= 0.6 is 25.3 Å². The number of thiol groups is 2. The van der Waals surface area contributed by atoms with Gasteiger partial charge >= 0.3 is 0 Å². The average molecular weight is 364 g/mol. The lowest BCUT2D eigenvalue weighted by Crippen LogP contribution is -2.43. The Bertz CT molecular complexity index is 396. The molecule has 0 aromatic carbocycles. The second-order valence-electron chi connectivity index (χ2n) is 4.63. The number of nitrogens with one attached hydrogen (secondary N) is 4. The molecule has 0 aromatic rings. The highest BCUT2D eigenvalue weighted by atomic mass is 32.1. The van der Waals surface area contributed by atoms with E-state index in [9.17, 15) is 19.2 Å². The maximum atomic E-state index is 11.8. The zero-order valence-corrected chi connectivity index (χ0v) is 15.0. The van der Waals surface area contributed by atoms with Gasteiger partial charge in [-0.1, -0.05) is 0 Å². The van der Waals surface area contributed by atoms with Crippen molar-refractivity contribution in [2.24, 2.45) is 11.8 Å². The minimum absolute atomic E-state index is 0.109. The van der Waals surface area contributed by atoms with Crippen LogP contribution in [0, 0.1) is 11.8 Å². The van der Waals surface area contributed by atoms with Gasteiger partial charge in [-0.25, -0.2) is 0 Å². The first-order valence-electron chi connectivity index (χ1n) is 7.13. The Kier molecular flexibility index (Phi) is 11.3. The van der Waals surface area contributed by atoms with Gasteiger partial charge in [-0.3, -0.25) is 19.2 Å². The van der Waals surface area contributed by atoms with Crippen molar-refractivity contribution in [3.8, 4) is 0 Å². The van der Waals surface area contributed by atoms with Gasteiger partial charge in [0.05, 0.1) is 0 Å². The highest BCUT2D eigenvalue weighted by Crippen LogP contribution is 2.01. The van der Waals surface area contributed by atoms with Crippen LogP contribution in [-0.2, 0) is 19.2 Å². The summed E-state index contributed by atoms with van der Waals surface area (Å²) in [6.07, 6.45) is 0.470. The first kappa shape index (κ1) is 21.6. The summed E-state index contributed by atoms with van der Waals surface area (Å²) in [6, 6.07) is 0. The highest BCUT2D eigenvalue weighted by molar-refractivity contribution is 7.80. The molecule has 0 radical (unpaired) electrons. The molecule has 2 atom stereocenters. The minimum Gasteiger partial charge on any atom is -0.358 e. The normalized spacial score (nSPS) is 12.7. The number of amides is 4. The summed E-state index contributed by atoms with van der Waals surface area (Å²) in [7, 11) is 2.90. The molecule has 0 saturated carbocycles. The molecule has 132 valence electrons. The van der Waals surface area contributed by atoms with Crippen LogP contribution in [0.15, 0.2) is 0 Å². The maximum absolute atomic E-state index is 11.8. The van der Waals surface area contributed by atoms with Crippen LogP contribution in [0.5, 0.6) is 0 Å². The van der Waals surface area contributed by atoms with E-state index in [0.717, 1.165) is 0 Å². The molecule has 0 rings (SSSR count). The van der Waals surface area contributed by atoms with Crippen LogP contribution in [0.2, 0.25) is 0 Å². The van der Waals surface area contributed by atoms with Crippen LogP contribution in [0.3, 0.4) is 0 Å². The molecule has 0 bridgehead atoms. The van der Waals surface area contributed by atoms with Crippen molar-refractivity contribution < 1.29 is 19.2 Å². The van der Waals surface area contributed by atoms with Gasteiger partial charge in [-0.05, 0) is 6.42 Å². The van der Waals surface area contributed by atoms with Crippen molar-refractivity contribution in [1.29, 1.82) is 0 Å². The predicted octanol–water partition coefficient (Wildman–Crippen LogP) is -1.81. The van der Waals surface area contributed by atoms with E-state index in [0.29, 0.717) is 19.5 Å². The van der Waals surface area contributed by atoms with E-state index in [1.54, 1.807) is 0 Å². The Labute approximate surface area is 146 Å². The van der Waals surface area contributed by atoms with E-state index in [1.165, 1.54) is 14.1 Å². The lowest BCUT2D eigenvalue weighted by molar-refractivity contribution is -0.135. The van der Waals surface area contributed by atoms with Crippen LogP contribution in [0.4, 0.5) is 0 Å². The zero-order valence-electron chi connectivity index (χ0n) is 13.2. The summed E-state index contributed by atoms with van der Waals surface area (Å²) in [5.41, 5.74) is 0. The van der Waals surface area contributed by atoms with E-state index in [2.05, 4.69) is 46.5 Å². The number of hydrogen-bond acceptors (Lipinski definition) is 6. The van der Waals surface area contributed by atoms with Crippen molar-refractivity contribution >= 4 is 48.9 Å². The van der Waals surface area contributed by atoms with Gasteiger partial charge < -0.3 is 21.3 Å². The Morgan fingerprint density at radius 3 is 1.35 bits per heavy atom. The molecule has 0 aliphatic rings. The summed E-state index contributed by atoms with van der Waals surface area (Å²) in [4.78, 5) is 46.4. The van der Waals surface area contributed by atoms with Gasteiger partial charge in [0.15, 0.2) is 0 Å². The predicted molar refractivity (Wildman–Crippen MR) is 93.5 cm³/mol. The number of hydrogen-bond donors (Lipinski definition) is 6. The van der Waals surface area contributed by atoms with Gasteiger partial charge in [0.1, 0.15) is 11.8 Å². The first-order chi connectivity index (χ1) is 10.9. The second-order valence-corrected chi connectivity index (χ2v) is 5.36. The zero-order chi connectivity index (χ0) is 17.8. The first-order valence-corrected chi connectivity index (χ1v) is 8.39. The molecule has 0 heterocycles. The van der Waals surface area contributed by atoms with Crippen molar-refractivity contribution in [2.45, 2.75) is 6.42 Å². The molecule has 0 fully saturated rings. The van der Waals surface area contributed by atoms with E-state index >= 15 is 0 Å². The molecule has 8 nitrogen and oxygen atoms in total. The molecule has 0 aromatic heterocycles.